The number of benzene rings is 1. The van der Waals surface area contributed by atoms with Gasteiger partial charge in [0.2, 0.25) is 0 Å². The summed E-state index contributed by atoms with van der Waals surface area (Å²) < 4.78 is 28.3. The number of nitrogens with one attached hydrogen (secondary N) is 1. The van der Waals surface area contributed by atoms with E-state index in [-0.39, 0.29) is 10.8 Å². The first kappa shape index (κ1) is 16.2. The Morgan fingerprint density at radius 1 is 1.16 bits per heavy atom. The monoisotopic (exact) mass is 378 g/mol. The fourth-order valence-corrected chi connectivity index (χ4v) is 4.49. The minimum atomic E-state index is -3.63. The van der Waals surface area contributed by atoms with Crippen LogP contribution in [0.5, 0.6) is 0 Å². The van der Waals surface area contributed by atoms with E-state index < -0.39 is 10.0 Å². The number of aromatic amines is 1. The first-order valence-electron chi connectivity index (χ1n) is 7.78. The van der Waals surface area contributed by atoms with Crippen LogP contribution in [-0.2, 0) is 10.0 Å². The molecule has 2 aromatic rings. The van der Waals surface area contributed by atoms with Crippen LogP contribution in [0.1, 0.15) is 16.1 Å². The molecule has 1 N–H and O–H groups in total. The Balaban J connectivity index is 1.51. The summed E-state index contributed by atoms with van der Waals surface area (Å²) in [7, 11) is -3.63. The van der Waals surface area contributed by atoms with Crippen LogP contribution in [0.3, 0.4) is 0 Å². The second-order valence-electron chi connectivity index (χ2n) is 5.90. The van der Waals surface area contributed by atoms with Crippen molar-refractivity contribution in [2.45, 2.75) is 4.90 Å². The number of sulfonamides is 1. The predicted molar refractivity (Wildman–Crippen MR) is 93.4 cm³/mol. The van der Waals surface area contributed by atoms with Crippen LogP contribution in [0.2, 0.25) is 5.02 Å². The van der Waals surface area contributed by atoms with E-state index in [0.717, 1.165) is 0 Å². The summed E-state index contributed by atoms with van der Waals surface area (Å²) in [6, 6.07) is 8.41. The summed E-state index contributed by atoms with van der Waals surface area (Å²) >= 11 is 5.84. The van der Waals surface area contributed by atoms with Crippen molar-refractivity contribution in [3.8, 4) is 0 Å². The van der Waals surface area contributed by atoms with Crippen molar-refractivity contribution in [1.29, 1.82) is 0 Å². The third-order valence-electron chi connectivity index (χ3n) is 4.36. The number of hydrogen-bond acceptors (Lipinski definition) is 4. The van der Waals surface area contributed by atoms with Gasteiger partial charge in [0.05, 0.1) is 5.02 Å². The van der Waals surface area contributed by atoms with Crippen LogP contribution in [0.15, 0.2) is 45.8 Å². The van der Waals surface area contributed by atoms with E-state index in [9.17, 15) is 13.2 Å². The lowest BCUT2D eigenvalue weighted by Crippen LogP contribution is -2.50. The lowest BCUT2D eigenvalue weighted by molar-refractivity contribution is 0.0687. The number of aromatic nitrogens is 1. The molecule has 0 spiro atoms. The summed E-state index contributed by atoms with van der Waals surface area (Å²) in [5.74, 6) is 0.346. The van der Waals surface area contributed by atoms with Crippen molar-refractivity contribution in [3.63, 3.8) is 0 Å². The lowest BCUT2D eigenvalue weighted by atomic mass is 10.1. The maximum absolute atomic E-state index is 12.4. The lowest BCUT2D eigenvalue weighted by Gasteiger charge is -2.35. The molecule has 0 bridgehead atoms. The maximum atomic E-state index is 12.4. The SMILES string of the molecule is O=C(c1cc(Cl)c[nH]1)N1CCN(C2=NS(=O)(=O)c3ccccc32)CC1. The van der Waals surface area contributed by atoms with E-state index in [1.165, 1.54) is 0 Å². The highest BCUT2D eigenvalue weighted by Gasteiger charge is 2.33. The number of halogens is 1. The standard InChI is InChI=1S/C16H15ClN4O3S/c17-11-9-13(18-10-11)16(22)21-7-5-20(6-8-21)15-12-3-1-2-4-14(12)25(23,24)19-15/h1-4,9-10,18H,5-8H2. The Labute approximate surface area is 150 Å². The number of fused-ring (bicyclic) bond motifs is 1. The number of carbonyl (C=O) groups is 1. The van der Waals surface area contributed by atoms with Gasteiger partial charge in [0.1, 0.15) is 10.6 Å². The highest BCUT2D eigenvalue weighted by Crippen LogP contribution is 2.28. The average Bonchev–Trinajstić information content (AvgIpc) is 3.16. The molecule has 1 fully saturated rings. The van der Waals surface area contributed by atoms with Gasteiger partial charge in [-0.15, -0.1) is 4.40 Å². The molecule has 0 unspecified atom stereocenters. The van der Waals surface area contributed by atoms with Crippen molar-refractivity contribution in [1.82, 2.24) is 14.8 Å². The molecule has 1 aromatic carbocycles. The Kier molecular flexibility index (Phi) is 3.81. The second kappa shape index (κ2) is 5.89. The molecule has 2 aliphatic rings. The van der Waals surface area contributed by atoms with Gasteiger partial charge in [-0.05, 0) is 18.2 Å². The molecule has 4 rings (SSSR count). The molecular formula is C16H15ClN4O3S. The molecule has 9 heteroatoms. The summed E-state index contributed by atoms with van der Waals surface area (Å²) in [5.41, 5.74) is 1.07. The van der Waals surface area contributed by atoms with Gasteiger partial charge in [0.25, 0.3) is 15.9 Å². The zero-order chi connectivity index (χ0) is 17.6. The number of hydrogen-bond donors (Lipinski definition) is 1. The number of carbonyl (C=O) groups excluding carboxylic acids is 1. The summed E-state index contributed by atoms with van der Waals surface area (Å²) in [6.45, 7) is 2.00. The van der Waals surface area contributed by atoms with Crippen LogP contribution < -0.4 is 0 Å². The Morgan fingerprint density at radius 3 is 2.56 bits per heavy atom. The first-order chi connectivity index (χ1) is 12.0. The number of piperazine rings is 1. The van der Waals surface area contributed by atoms with Crippen LogP contribution in [-0.4, -0.2) is 61.1 Å². The molecule has 1 saturated heterocycles. The van der Waals surface area contributed by atoms with Crippen LogP contribution in [0.4, 0.5) is 0 Å². The van der Waals surface area contributed by atoms with E-state index in [1.807, 2.05) is 4.90 Å². The van der Waals surface area contributed by atoms with Crippen molar-refractivity contribution in [2.24, 2.45) is 4.40 Å². The fraction of sp³-hybridized carbons (Fsp3) is 0.250. The van der Waals surface area contributed by atoms with E-state index in [2.05, 4.69) is 9.38 Å². The Morgan fingerprint density at radius 2 is 1.88 bits per heavy atom. The van der Waals surface area contributed by atoms with Crippen LogP contribution in [0, 0.1) is 0 Å². The molecule has 2 aliphatic heterocycles. The smallest absolute Gasteiger partial charge is 0.285 e. The molecule has 7 nitrogen and oxygen atoms in total. The van der Waals surface area contributed by atoms with Gasteiger partial charge in [-0.3, -0.25) is 4.79 Å². The number of H-pyrrole nitrogens is 1. The van der Waals surface area contributed by atoms with Gasteiger partial charge in [-0.1, -0.05) is 23.7 Å². The van der Waals surface area contributed by atoms with E-state index in [1.54, 1.807) is 41.4 Å². The van der Waals surface area contributed by atoms with Gasteiger partial charge >= 0.3 is 0 Å². The van der Waals surface area contributed by atoms with Crippen molar-refractivity contribution in [3.05, 3.63) is 52.8 Å². The molecule has 130 valence electrons. The van der Waals surface area contributed by atoms with Gasteiger partial charge in [-0.2, -0.15) is 8.42 Å². The number of amidine groups is 1. The quantitative estimate of drug-likeness (QED) is 0.816. The van der Waals surface area contributed by atoms with Crippen LogP contribution >= 0.6 is 11.6 Å². The molecule has 0 aliphatic carbocycles. The Bertz CT molecular complexity index is 975. The largest absolute Gasteiger partial charge is 0.356 e. The summed E-state index contributed by atoms with van der Waals surface area (Å²) in [6.07, 6.45) is 1.57. The Hall–Kier alpha value is -2.32. The number of amides is 1. The van der Waals surface area contributed by atoms with E-state index >= 15 is 0 Å². The number of nitrogens with zero attached hydrogens (tertiary/aromatic N) is 3. The molecular weight excluding hydrogens is 364 g/mol. The number of rotatable bonds is 1. The molecule has 0 radical (unpaired) electrons. The predicted octanol–water partition coefficient (Wildman–Crippen LogP) is 1.58. The normalized spacial score (nSPS) is 18.8. The van der Waals surface area contributed by atoms with Crippen molar-refractivity contribution >= 4 is 33.4 Å². The maximum Gasteiger partial charge on any atom is 0.285 e. The minimum absolute atomic E-state index is 0.118. The van der Waals surface area contributed by atoms with Crippen LogP contribution in [0.25, 0.3) is 0 Å². The third kappa shape index (κ3) is 2.81. The van der Waals surface area contributed by atoms with E-state index in [0.29, 0.717) is 48.3 Å². The molecule has 3 heterocycles. The molecule has 1 amide bonds. The highest BCUT2D eigenvalue weighted by molar-refractivity contribution is 7.90. The second-order valence-corrected chi connectivity index (χ2v) is 7.91. The summed E-state index contributed by atoms with van der Waals surface area (Å²) in [4.78, 5) is 19.2. The zero-order valence-corrected chi connectivity index (χ0v) is 14.7. The molecule has 0 atom stereocenters. The van der Waals surface area contributed by atoms with Gasteiger partial charge in [0.15, 0.2) is 5.84 Å². The third-order valence-corrected chi connectivity index (χ3v) is 5.90. The molecule has 25 heavy (non-hydrogen) atoms. The van der Waals surface area contributed by atoms with Gasteiger partial charge in [-0.25, -0.2) is 0 Å². The van der Waals surface area contributed by atoms with Gasteiger partial charge in [0, 0.05) is 37.9 Å². The van der Waals surface area contributed by atoms with Crippen molar-refractivity contribution in [2.75, 3.05) is 26.2 Å². The summed E-state index contributed by atoms with van der Waals surface area (Å²) in [5, 5.41) is 0.490. The van der Waals surface area contributed by atoms with Crippen molar-refractivity contribution < 1.29 is 13.2 Å². The highest BCUT2D eigenvalue weighted by atomic mass is 35.5. The van der Waals surface area contributed by atoms with Gasteiger partial charge < -0.3 is 14.8 Å². The zero-order valence-electron chi connectivity index (χ0n) is 13.1. The average molecular weight is 379 g/mol. The molecule has 0 saturated carbocycles. The topological polar surface area (TPSA) is 85.8 Å². The first-order valence-corrected chi connectivity index (χ1v) is 9.60. The minimum Gasteiger partial charge on any atom is -0.356 e. The fourth-order valence-electron chi connectivity index (χ4n) is 3.10. The van der Waals surface area contributed by atoms with E-state index in [4.69, 9.17) is 11.6 Å². The molecule has 1 aromatic heterocycles.